The number of aryl methyl sites for hydroxylation is 1. The Morgan fingerprint density at radius 2 is 1.86 bits per heavy atom. The van der Waals surface area contributed by atoms with E-state index in [0.717, 1.165) is 5.75 Å². The van der Waals surface area contributed by atoms with Gasteiger partial charge in [0.05, 0.1) is 0 Å². The molecule has 0 saturated heterocycles. The van der Waals surface area contributed by atoms with Crippen molar-refractivity contribution < 1.29 is 9.84 Å². The van der Waals surface area contributed by atoms with Gasteiger partial charge >= 0.3 is 0 Å². The van der Waals surface area contributed by atoms with Gasteiger partial charge in [0, 0.05) is 12.0 Å². The van der Waals surface area contributed by atoms with Crippen LogP contribution in [-0.2, 0) is 0 Å². The highest BCUT2D eigenvalue weighted by Crippen LogP contribution is 2.54. The fourth-order valence-electron chi connectivity index (χ4n) is 3.96. The van der Waals surface area contributed by atoms with E-state index in [1.165, 1.54) is 36.0 Å². The second-order valence-corrected chi connectivity index (χ2v) is 6.37. The molecule has 0 radical (unpaired) electrons. The summed E-state index contributed by atoms with van der Waals surface area (Å²) in [6.45, 7) is 2.11. The molecule has 2 aromatic carbocycles. The van der Waals surface area contributed by atoms with Crippen molar-refractivity contribution in [3.63, 3.8) is 0 Å². The van der Waals surface area contributed by atoms with Crippen LogP contribution in [0.25, 0.3) is 0 Å². The number of phenols is 1. The van der Waals surface area contributed by atoms with E-state index < -0.39 is 0 Å². The van der Waals surface area contributed by atoms with Gasteiger partial charge < -0.3 is 9.84 Å². The molecule has 0 spiro atoms. The van der Waals surface area contributed by atoms with E-state index >= 15 is 0 Å². The lowest BCUT2D eigenvalue weighted by atomic mass is 9.80. The maximum absolute atomic E-state index is 9.74. The average Bonchev–Trinajstić information content (AvgIpc) is 2.96. The summed E-state index contributed by atoms with van der Waals surface area (Å²) in [5.41, 5.74) is 3.81. The quantitative estimate of drug-likeness (QED) is 0.819. The molecule has 0 aromatic heterocycles. The second kappa shape index (κ2) is 4.80. The van der Waals surface area contributed by atoms with Crippen LogP contribution in [0.3, 0.4) is 0 Å². The van der Waals surface area contributed by atoms with Crippen LogP contribution in [0.15, 0.2) is 42.5 Å². The number of ether oxygens (including phenoxy) is 1. The van der Waals surface area contributed by atoms with E-state index in [4.69, 9.17) is 4.74 Å². The zero-order valence-electron chi connectivity index (χ0n) is 12.3. The third kappa shape index (κ3) is 2.10. The van der Waals surface area contributed by atoms with Gasteiger partial charge in [-0.2, -0.15) is 0 Å². The van der Waals surface area contributed by atoms with Gasteiger partial charge in [-0.25, -0.2) is 0 Å². The van der Waals surface area contributed by atoms with E-state index in [9.17, 15) is 5.11 Å². The first-order valence-corrected chi connectivity index (χ1v) is 7.78. The Balaban J connectivity index is 1.77. The molecule has 2 heteroatoms. The van der Waals surface area contributed by atoms with Crippen LogP contribution in [0.4, 0.5) is 0 Å². The van der Waals surface area contributed by atoms with Crippen molar-refractivity contribution in [2.75, 3.05) is 0 Å². The van der Waals surface area contributed by atoms with Gasteiger partial charge in [0.1, 0.15) is 17.6 Å². The van der Waals surface area contributed by atoms with Crippen molar-refractivity contribution in [3.8, 4) is 11.5 Å². The van der Waals surface area contributed by atoms with Crippen molar-refractivity contribution in [3.05, 3.63) is 59.2 Å². The second-order valence-electron chi connectivity index (χ2n) is 6.37. The molecule has 1 fully saturated rings. The number of phenolic OH excluding ortho intramolecular Hbond substituents is 1. The Labute approximate surface area is 125 Å². The molecule has 21 heavy (non-hydrogen) atoms. The van der Waals surface area contributed by atoms with Crippen molar-refractivity contribution in [1.82, 2.24) is 0 Å². The van der Waals surface area contributed by atoms with Gasteiger partial charge in [-0.3, -0.25) is 0 Å². The molecule has 2 aromatic rings. The van der Waals surface area contributed by atoms with Crippen LogP contribution in [0, 0.1) is 12.8 Å². The number of aromatic hydroxyl groups is 1. The summed E-state index contributed by atoms with van der Waals surface area (Å²) in [5, 5.41) is 9.74. The minimum absolute atomic E-state index is 0.118. The highest BCUT2D eigenvalue weighted by atomic mass is 16.5. The predicted octanol–water partition coefficient (Wildman–Crippen LogP) is 4.72. The van der Waals surface area contributed by atoms with Crippen molar-refractivity contribution >= 4 is 0 Å². The Bertz CT molecular complexity index is 660. The van der Waals surface area contributed by atoms with Gasteiger partial charge in [-0.1, -0.05) is 42.3 Å². The fraction of sp³-hybridized carbons (Fsp3) is 0.368. The molecule has 0 unspecified atom stereocenters. The van der Waals surface area contributed by atoms with Gasteiger partial charge in [-0.15, -0.1) is 0 Å². The molecule has 0 bridgehead atoms. The lowest BCUT2D eigenvalue weighted by Gasteiger charge is -2.36. The smallest absolute Gasteiger partial charge is 0.127 e. The van der Waals surface area contributed by atoms with Crippen molar-refractivity contribution in [1.29, 1.82) is 0 Å². The molecule has 1 aliphatic carbocycles. The van der Waals surface area contributed by atoms with Gasteiger partial charge in [0.2, 0.25) is 0 Å². The molecule has 1 aliphatic heterocycles. The lowest BCUT2D eigenvalue weighted by Crippen LogP contribution is -2.26. The van der Waals surface area contributed by atoms with E-state index in [1.807, 2.05) is 6.07 Å². The molecule has 108 valence electrons. The van der Waals surface area contributed by atoms with Crippen molar-refractivity contribution in [2.24, 2.45) is 5.92 Å². The van der Waals surface area contributed by atoms with Gasteiger partial charge in [0.15, 0.2) is 0 Å². The summed E-state index contributed by atoms with van der Waals surface area (Å²) in [6, 6.07) is 14.3. The van der Waals surface area contributed by atoms with Crippen molar-refractivity contribution in [2.45, 2.75) is 38.2 Å². The molecular formula is C19H20O2. The lowest BCUT2D eigenvalue weighted by molar-refractivity contribution is 0.104. The maximum Gasteiger partial charge on any atom is 0.127 e. The van der Waals surface area contributed by atoms with E-state index in [2.05, 4.69) is 31.2 Å². The van der Waals surface area contributed by atoms with Crippen LogP contribution in [0.1, 0.15) is 48.0 Å². The Morgan fingerprint density at radius 1 is 1.05 bits per heavy atom. The van der Waals surface area contributed by atoms with Crippen LogP contribution >= 0.6 is 0 Å². The first-order valence-electron chi connectivity index (χ1n) is 7.78. The highest BCUT2D eigenvalue weighted by molar-refractivity contribution is 5.45. The summed E-state index contributed by atoms with van der Waals surface area (Å²) in [7, 11) is 0. The standard InChI is InChI=1S/C19H20O2/c1-12-5-7-13(8-6-12)19-17-4-2-3-15(17)16-10-9-14(20)11-18(16)21-19/h5-11,15,17,19-20H,2-4H2,1H3/t15-,17-,19-/m1/s1. The molecule has 3 atom stereocenters. The van der Waals surface area contributed by atoms with Crippen LogP contribution in [0.5, 0.6) is 11.5 Å². The van der Waals surface area contributed by atoms with Gasteiger partial charge in [-0.05, 0) is 42.9 Å². The SMILES string of the molecule is Cc1ccc([C@H]2Oc3cc(O)ccc3[C@H]3CCC[C@H]32)cc1. The average molecular weight is 280 g/mol. The van der Waals surface area contributed by atoms with E-state index in [1.54, 1.807) is 12.1 Å². The van der Waals surface area contributed by atoms with E-state index in [-0.39, 0.29) is 11.9 Å². The first-order chi connectivity index (χ1) is 10.2. The van der Waals surface area contributed by atoms with Gasteiger partial charge in [0.25, 0.3) is 0 Å². The summed E-state index contributed by atoms with van der Waals surface area (Å²) in [6.07, 6.45) is 3.84. The molecule has 4 rings (SSSR count). The normalized spacial score (nSPS) is 26.8. The summed E-state index contributed by atoms with van der Waals surface area (Å²) in [5.74, 6) is 2.28. The summed E-state index contributed by atoms with van der Waals surface area (Å²) in [4.78, 5) is 0. The summed E-state index contributed by atoms with van der Waals surface area (Å²) >= 11 is 0. The maximum atomic E-state index is 9.74. The third-order valence-corrected chi connectivity index (χ3v) is 5.01. The minimum atomic E-state index is 0.118. The highest BCUT2D eigenvalue weighted by Gasteiger charge is 2.41. The topological polar surface area (TPSA) is 29.5 Å². The molecule has 2 nitrogen and oxygen atoms in total. The number of benzene rings is 2. The molecule has 1 N–H and O–H groups in total. The molecule has 1 heterocycles. The molecule has 1 saturated carbocycles. The Morgan fingerprint density at radius 3 is 2.67 bits per heavy atom. The fourth-order valence-corrected chi connectivity index (χ4v) is 3.96. The van der Waals surface area contributed by atoms with Crippen LogP contribution in [0.2, 0.25) is 0 Å². The number of hydrogen-bond acceptors (Lipinski definition) is 2. The molecule has 2 aliphatic rings. The largest absolute Gasteiger partial charge is 0.508 e. The Kier molecular flexibility index (Phi) is 2.91. The zero-order valence-corrected chi connectivity index (χ0v) is 12.3. The Hall–Kier alpha value is -1.96. The monoisotopic (exact) mass is 280 g/mol. The van der Waals surface area contributed by atoms with E-state index in [0.29, 0.717) is 11.8 Å². The third-order valence-electron chi connectivity index (χ3n) is 5.01. The first kappa shape index (κ1) is 12.8. The van der Waals surface area contributed by atoms with Crippen LogP contribution < -0.4 is 4.74 Å². The molecule has 0 amide bonds. The number of hydrogen-bond donors (Lipinski definition) is 1. The van der Waals surface area contributed by atoms with Crippen LogP contribution in [-0.4, -0.2) is 5.11 Å². The number of fused-ring (bicyclic) bond motifs is 3. The predicted molar refractivity (Wildman–Crippen MR) is 82.7 cm³/mol. The zero-order chi connectivity index (χ0) is 14.4. The number of rotatable bonds is 1. The minimum Gasteiger partial charge on any atom is -0.508 e. The molecular weight excluding hydrogens is 260 g/mol. The summed E-state index contributed by atoms with van der Waals surface area (Å²) < 4.78 is 6.29.